The summed E-state index contributed by atoms with van der Waals surface area (Å²) in [7, 11) is 2.50. The highest BCUT2D eigenvalue weighted by molar-refractivity contribution is 7.71. The summed E-state index contributed by atoms with van der Waals surface area (Å²) in [5, 5.41) is 0. The van der Waals surface area contributed by atoms with Gasteiger partial charge in [0.2, 0.25) is 0 Å². The van der Waals surface area contributed by atoms with E-state index in [2.05, 4.69) is 9.97 Å². The lowest BCUT2D eigenvalue weighted by atomic mass is 10.1. The predicted molar refractivity (Wildman–Crippen MR) is 87.8 cm³/mol. The minimum atomic E-state index is -0.638. The monoisotopic (exact) mass is 349 g/mol. The second kappa shape index (κ2) is 6.46. The lowest BCUT2D eigenvalue weighted by Crippen LogP contribution is -2.38. The first-order valence-corrected chi connectivity index (χ1v) is 7.43. The molecule has 0 aliphatic carbocycles. The fourth-order valence-electron chi connectivity index (χ4n) is 2.54. The van der Waals surface area contributed by atoms with E-state index in [9.17, 15) is 9.59 Å². The molecule has 24 heavy (non-hydrogen) atoms. The van der Waals surface area contributed by atoms with Crippen LogP contribution in [-0.4, -0.2) is 49.5 Å². The van der Waals surface area contributed by atoms with Gasteiger partial charge in [0, 0.05) is 5.69 Å². The maximum atomic E-state index is 12.2. The number of hydrogen-bond acceptors (Lipinski definition) is 7. The number of nitrogens with one attached hydrogen (secondary N) is 2. The SMILES string of the molecule is COC(=O)C1=C(C(=O)OC)N(c2ccc3[nH]c(=S)[nH]c3c2)COC1. The van der Waals surface area contributed by atoms with Crippen LogP contribution in [0.25, 0.3) is 11.0 Å². The van der Waals surface area contributed by atoms with Crippen LogP contribution in [0, 0.1) is 4.77 Å². The van der Waals surface area contributed by atoms with Gasteiger partial charge in [0.05, 0.1) is 37.4 Å². The highest BCUT2D eigenvalue weighted by Crippen LogP contribution is 2.28. The van der Waals surface area contributed by atoms with E-state index >= 15 is 0 Å². The quantitative estimate of drug-likeness (QED) is 0.642. The van der Waals surface area contributed by atoms with Gasteiger partial charge in [-0.3, -0.25) is 0 Å². The molecule has 9 heteroatoms. The Morgan fingerprint density at radius 3 is 2.58 bits per heavy atom. The number of carbonyl (C=O) groups is 2. The Balaban J connectivity index is 2.13. The van der Waals surface area contributed by atoms with Crippen LogP contribution in [0.2, 0.25) is 0 Å². The summed E-state index contributed by atoms with van der Waals surface area (Å²) in [5.74, 6) is -1.27. The molecule has 2 heterocycles. The van der Waals surface area contributed by atoms with E-state index in [1.165, 1.54) is 14.2 Å². The van der Waals surface area contributed by atoms with Gasteiger partial charge in [-0.2, -0.15) is 0 Å². The van der Waals surface area contributed by atoms with Crippen molar-refractivity contribution in [1.29, 1.82) is 0 Å². The summed E-state index contributed by atoms with van der Waals surface area (Å²) in [6.45, 7) is 0.0734. The zero-order chi connectivity index (χ0) is 17.3. The Bertz CT molecular complexity index is 898. The van der Waals surface area contributed by atoms with E-state index in [-0.39, 0.29) is 24.6 Å². The first-order valence-electron chi connectivity index (χ1n) is 7.02. The highest BCUT2D eigenvalue weighted by Gasteiger charge is 2.32. The Labute approximate surface area is 142 Å². The van der Waals surface area contributed by atoms with Crippen LogP contribution in [-0.2, 0) is 23.8 Å². The molecule has 0 spiro atoms. The lowest BCUT2D eigenvalue weighted by Gasteiger charge is -2.31. The van der Waals surface area contributed by atoms with E-state index in [1.807, 2.05) is 6.07 Å². The summed E-state index contributed by atoms with van der Waals surface area (Å²) >= 11 is 5.07. The molecule has 126 valence electrons. The topological polar surface area (TPSA) is 96.7 Å². The Hall–Kier alpha value is -2.65. The molecular weight excluding hydrogens is 334 g/mol. The van der Waals surface area contributed by atoms with E-state index in [0.717, 1.165) is 11.0 Å². The summed E-state index contributed by atoms with van der Waals surface area (Å²) in [4.78, 5) is 31.8. The second-order valence-electron chi connectivity index (χ2n) is 5.02. The van der Waals surface area contributed by atoms with Crippen molar-refractivity contribution in [1.82, 2.24) is 9.97 Å². The van der Waals surface area contributed by atoms with Crippen molar-refractivity contribution in [3.8, 4) is 0 Å². The smallest absolute Gasteiger partial charge is 0.355 e. The van der Waals surface area contributed by atoms with E-state index in [0.29, 0.717) is 10.5 Å². The molecule has 3 rings (SSSR count). The van der Waals surface area contributed by atoms with Gasteiger partial charge in [-0.15, -0.1) is 0 Å². The molecule has 1 aliphatic heterocycles. The summed E-state index contributed by atoms with van der Waals surface area (Å²) < 4.78 is 15.5. The number of imidazole rings is 1. The number of fused-ring (bicyclic) bond motifs is 1. The number of esters is 2. The van der Waals surface area contributed by atoms with Crippen LogP contribution in [0.3, 0.4) is 0 Å². The van der Waals surface area contributed by atoms with E-state index < -0.39 is 11.9 Å². The molecule has 0 unspecified atom stereocenters. The average molecular weight is 349 g/mol. The van der Waals surface area contributed by atoms with Crippen molar-refractivity contribution in [2.24, 2.45) is 0 Å². The summed E-state index contributed by atoms with van der Waals surface area (Å²) in [6.07, 6.45) is 0. The normalized spacial score (nSPS) is 14.8. The average Bonchev–Trinajstić information content (AvgIpc) is 2.98. The highest BCUT2D eigenvalue weighted by atomic mass is 32.1. The van der Waals surface area contributed by atoms with Gasteiger partial charge >= 0.3 is 11.9 Å². The van der Waals surface area contributed by atoms with Gasteiger partial charge in [0.15, 0.2) is 4.77 Å². The minimum Gasteiger partial charge on any atom is -0.466 e. The molecular formula is C15H15N3O5S. The molecule has 1 aliphatic rings. The van der Waals surface area contributed by atoms with Crippen LogP contribution in [0.5, 0.6) is 0 Å². The number of aromatic nitrogens is 2. The fraction of sp³-hybridized carbons (Fsp3) is 0.267. The van der Waals surface area contributed by atoms with Gasteiger partial charge in [-0.1, -0.05) is 0 Å². The van der Waals surface area contributed by atoms with Crippen molar-refractivity contribution in [3.63, 3.8) is 0 Å². The molecule has 0 amide bonds. The largest absolute Gasteiger partial charge is 0.466 e. The number of rotatable bonds is 3. The lowest BCUT2D eigenvalue weighted by molar-refractivity contribution is -0.140. The number of aromatic amines is 2. The van der Waals surface area contributed by atoms with Crippen LogP contribution in [0.1, 0.15) is 0 Å². The Kier molecular flexibility index (Phi) is 4.36. The van der Waals surface area contributed by atoms with Crippen LogP contribution in [0.4, 0.5) is 5.69 Å². The molecule has 1 aromatic heterocycles. The Morgan fingerprint density at radius 1 is 1.17 bits per heavy atom. The van der Waals surface area contributed by atoms with E-state index in [1.54, 1.807) is 17.0 Å². The summed E-state index contributed by atoms with van der Waals surface area (Å²) in [5.41, 5.74) is 2.46. The Morgan fingerprint density at radius 2 is 1.88 bits per heavy atom. The first kappa shape index (κ1) is 16.2. The van der Waals surface area contributed by atoms with Crippen molar-refractivity contribution < 1.29 is 23.8 Å². The molecule has 0 radical (unpaired) electrons. The van der Waals surface area contributed by atoms with Crippen molar-refractivity contribution in [2.45, 2.75) is 0 Å². The number of benzene rings is 1. The number of H-pyrrole nitrogens is 2. The van der Waals surface area contributed by atoms with Gasteiger partial charge in [-0.25, -0.2) is 9.59 Å². The van der Waals surface area contributed by atoms with Crippen molar-refractivity contribution in [2.75, 3.05) is 32.5 Å². The number of hydrogen-bond donors (Lipinski definition) is 2. The zero-order valence-corrected chi connectivity index (χ0v) is 13.9. The number of nitrogens with zero attached hydrogens (tertiary/aromatic N) is 1. The second-order valence-corrected chi connectivity index (χ2v) is 5.43. The van der Waals surface area contributed by atoms with Gasteiger partial charge in [-0.05, 0) is 30.4 Å². The molecule has 0 bridgehead atoms. The molecule has 0 atom stereocenters. The maximum absolute atomic E-state index is 12.2. The molecule has 1 aromatic carbocycles. The predicted octanol–water partition coefficient (Wildman–Crippen LogP) is 1.62. The number of ether oxygens (including phenoxy) is 3. The summed E-state index contributed by atoms with van der Waals surface area (Å²) in [6, 6.07) is 5.40. The molecule has 8 nitrogen and oxygen atoms in total. The number of methoxy groups -OCH3 is 2. The van der Waals surface area contributed by atoms with Crippen LogP contribution >= 0.6 is 12.2 Å². The molecule has 0 saturated heterocycles. The van der Waals surface area contributed by atoms with Gasteiger partial charge < -0.3 is 29.1 Å². The number of anilines is 1. The van der Waals surface area contributed by atoms with Crippen LogP contribution in [0.15, 0.2) is 29.5 Å². The minimum absolute atomic E-state index is 0.0254. The van der Waals surface area contributed by atoms with Crippen molar-refractivity contribution >= 4 is 40.9 Å². The third-order valence-electron chi connectivity index (χ3n) is 3.64. The fourth-order valence-corrected chi connectivity index (χ4v) is 2.76. The molecule has 0 fully saturated rings. The zero-order valence-electron chi connectivity index (χ0n) is 13.0. The third kappa shape index (κ3) is 2.79. The van der Waals surface area contributed by atoms with E-state index in [4.69, 9.17) is 26.4 Å². The molecule has 2 N–H and O–H groups in total. The number of carbonyl (C=O) groups excluding carboxylic acids is 2. The van der Waals surface area contributed by atoms with Gasteiger partial charge in [0.25, 0.3) is 0 Å². The first-order chi connectivity index (χ1) is 11.5. The third-order valence-corrected chi connectivity index (χ3v) is 3.85. The van der Waals surface area contributed by atoms with Crippen molar-refractivity contribution in [3.05, 3.63) is 34.2 Å². The molecule has 0 saturated carbocycles. The standard InChI is InChI=1S/C15H15N3O5S/c1-21-13(19)9-6-23-7-18(12(9)14(20)22-2)8-3-4-10-11(5-8)17-15(24)16-10/h3-5H,6-7H2,1-2H3,(H2,16,17,24). The maximum Gasteiger partial charge on any atom is 0.355 e. The van der Waals surface area contributed by atoms with Gasteiger partial charge in [0.1, 0.15) is 12.4 Å². The molecule has 2 aromatic rings. The van der Waals surface area contributed by atoms with Crippen LogP contribution < -0.4 is 4.90 Å².